The van der Waals surface area contributed by atoms with Crippen molar-refractivity contribution in [3.05, 3.63) is 316 Å². The van der Waals surface area contributed by atoms with Crippen LogP contribution < -0.4 is 0 Å². The summed E-state index contributed by atoms with van der Waals surface area (Å²) in [6.07, 6.45) is 30.7. The molecule has 13 aromatic heterocycles. The van der Waals surface area contributed by atoms with Crippen molar-refractivity contribution in [2.75, 3.05) is 0 Å². The summed E-state index contributed by atoms with van der Waals surface area (Å²) in [6.45, 7) is 2.02. The van der Waals surface area contributed by atoms with Crippen LogP contribution in [0.3, 0.4) is 0 Å². The van der Waals surface area contributed by atoms with Gasteiger partial charge in [0.1, 0.15) is 0 Å². The molecule has 0 unspecified atom stereocenters. The number of nitrogens with zero attached hydrogens (tertiary/aromatic N) is 12. The topological polar surface area (TPSA) is 121 Å². The van der Waals surface area contributed by atoms with E-state index in [4.69, 9.17) is 0 Å². The molecule has 0 aliphatic heterocycles. The predicted molar refractivity (Wildman–Crippen MR) is 380 cm³/mol. The quantitative estimate of drug-likeness (QED) is 0.156. The van der Waals surface area contributed by atoms with E-state index in [9.17, 15) is 0 Å². The molecule has 0 saturated heterocycles. The number of hydrogen-bond acceptors (Lipinski definition) is 9. The Morgan fingerprint density at radius 3 is 1.65 bits per heavy atom. The molecular formula is C81H50Ir4N12S-4. The minimum absolute atomic E-state index is 0. The maximum Gasteiger partial charge on any atom is 0.0772 e. The molecule has 0 amide bonds. The van der Waals surface area contributed by atoms with Gasteiger partial charge in [0.15, 0.2) is 0 Å². The fourth-order valence-corrected chi connectivity index (χ4v) is 13.7. The van der Waals surface area contributed by atoms with Gasteiger partial charge in [-0.05, 0) is 102 Å². The molecule has 20 rings (SSSR count). The molecular weight excluding hydrogens is 1940 g/mol. The van der Waals surface area contributed by atoms with Crippen LogP contribution in [0.4, 0.5) is 0 Å². The van der Waals surface area contributed by atoms with Crippen molar-refractivity contribution in [2.24, 2.45) is 0 Å². The Hall–Kier alpha value is -9.98. The molecule has 4 radical (unpaired) electrons. The van der Waals surface area contributed by atoms with Gasteiger partial charge >= 0.3 is 0 Å². The van der Waals surface area contributed by atoms with Gasteiger partial charge in [-0.2, -0.15) is 0 Å². The second-order valence-corrected chi connectivity index (χ2v) is 23.6. The molecule has 0 aliphatic carbocycles. The maximum absolute atomic E-state index is 4.66. The number of aryl methyl sites for hydroxylation is 1. The monoisotopic (exact) mass is 1990 g/mol. The Bertz CT molecular complexity index is 6220. The van der Waals surface area contributed by atoms with Crippen molar-refractivity contribution in [2.45, 2.75) is 6.92 Å². The molecule has 13 heterocycles. The first-order chi connectivity index (χ1) is 46.5. The average Bonchev–Trinajstić information content (AvgIpc) is 1.46. The van der Waals surface area contributed by atoms with E-state index in [0.717, 1.165) is 132 Å². The molecule has 0 fully saturated rings. The summed E-state index contributed by atoms with van der Waals surface area (Å²) >= 11 is 1.78. The van der Waals surface area contributed by atoms with E-state index in [1.807, 2.05) is 128 Å². The standard InChI is InChI=1S/C21H13N4.2C20H12N3.C20H13N2S.4Ir/c1-2-19-18(13-17(1)15-3-8-22-9-4-15)7-12-25-20(14-24-21(19)25)16-5-10-23-11-6-16;1-4-14-5-3-10-21-19(14)17(7-1)15-6-2-8-18-16(15)9-12-23-13-11-22-20(18)23;1-2-8-17-15(7-1)18(13-23-12-11-22-20(17)23)16-9-3-5-14-6-4-10-21-19(14)16;1-13-12-22-10-8-16-14(4-2-6-18(16)20(22)21-13)15-5-3-7-19-17(15)9-11-23-19;;;;/h1,3-14H;2*1-7,9-13H;2-5,7-12H,1H3;;;;/q4*-1;;;;. The summed E-state index contributed by atoms with van der Waals surface area (Å²) in [5.74, 6) is 0. The molecule has 0 bridgehead atoms. The van der Waals surface area contributed by atoms with E-state index in [0.29, 0.717) is 0 Å². The molecule has 17 heteroatoms. The number of benzene rings is 7. The van der Waals surface area contributed by atoms with Gasteiger partial charge in [0.05, 0.1) is 39.3 Å². The van der Waals surface area contributed by atoms with E-state index in [1.54, 1.807) is 36.1 Å². The number of para-hydroxylation sites is 2. The second kappa shape index (κ2) is 29.0. The van der Waals surface area contributed by atoms with Crippen LogP contribution in [0.2, 0.25) is 0 Å². The normalized spacial score (nSPS) is 11.0. The Labute approximate surface area is 620 Å². The zero-order valence-corrected chi connectivity index (χ0v) is 62.1. The summed E-state index contributed by atoms with van der Waals surface area (Å²) in [7, 11) is 0. The van der Waals surface area contributed by atoms with Crippen LogP contribution >= 0.6 is 11.3 Å². The van der Waals surface area contributed by atoms with Gasteiger partial charge in [0, 0.05) is 193 Å². The van der Waals surface area contributed by atoms with Crippen molar-refractivity contribution in [1.29, 1.82) is 0 Å². The van der Waals surface area contributed by atoms with Crippen LogP contribution in [-0.2, 0) is 80.4 Å². The molecule has 98 heavy (non-hydrogen) atoms. The third kappa shape index (κ3) is 12.4. The summed E-state index contributed by atoms with van der Waals surface area (Å²) < 4.78 is 9.56. The third-order valence-electron chi connectivity index (χ3n) is 17.2. The molecule has 20 aromatic rings. The van der Waals surface area contributed by atoms with Crippen LogP contribution in [0, 0.1) is 31.2 Å². The van der Waals surface area contributed by atoms with Crippen LogP contribution in [-0.4, -0.2) is 57.5 Å². The average molecular weight is 1990 g/mol. The van der Waals surface area contributed by atoms with Gasteiger partial charge in [-0.15, -0.1) is 117 Å². The Morgan fingerprint density at radius 2 is 0.939 bits per heavy atom. The molecule has 0 saturated carbocycles. The summed E-state index contributed by atoms with van der Waals surface area (Å²) in [5.41, 5.74) is 18.3. The molecule has 0 aliphatic rings. The number of rotatable bonds is 5. The summed E-state index contributed by atoms with van der Waals surface area (Å²) in [6, 6.07) is 75.8. The van der Waals surface area contributed by atoms with E-state index in [1.165, 1.54) is 26.6 Å². The first-order valence-electron chi connectivity index (χ1n) is 30.6. The molecule has 0 N–H and O–H groups in total. The van der Waals surface area contributed by atoms with Crippen molar-refractivity contribution in [3.8, 4) is 55.8 Å². The Balaban J connectivity index is 0.000000116. The third-order valence-corrected chi connectivity index (χ3v) is 18.1. The molecule has 12 nitrogen and oxygen atoms in total. The Kier molecular flexibility index (Phi) is 19.7. The van der Waals surface area contributed by atoms with Gasteiger partial charge in [-0.3, -0.25) is 39.9 Å². The van der Waals surface area contributed by atoms with E-state index in [-0.39, 0.29) is 80.4 Å². The molecule has 7 aromatic carbocycles. The fraction of sp³-hybridized carbons (Fsp3) is 0.0123. The fourth-order valence-electron chi connectivity index (χ4n) is 12.8. The summed E-state index contributed by atoms with van der Waals surface area (Å²) in [4.78, 5) is 35.6. The van der Waals surface area contributed by atoms with Crippen LogP contribution in [0.25, 0.3) is 153 Å². The van der Waals surface area contributed by atoms with Gasteiger partial charge < -0.3 is 17.6 Å². The van der Waals surface area contributed by atoms with Crippen LogP contribution in [0.5, 0.6) is 0 Å². The number of thiophene rings is 1. The number of pyridine rings is 8. The van der Waals surface area contributed by atoms with E-state index in [2.05, 4.69) is 223 Å². The van der Waals surface area contributed by atoms with Crippen molar-refractivity contribution in [3.63, 3.8) is 0 Å². The SMILES string of the molecule is Cc1cn2ccc3c(-c4cccc5sccc45)cc[c-]c3c2n1.[Ir].[Ir].[Ir].[Ir].[c-]1cc(-c2ccncc2)cc2ccn3c(-c4ccncc4)cnc3c12.[c-]1ccc(-c2cccc3cccnc23)c2ccn3ccnc3c12.[c-]1cccc2c(-c3cccc4cccnc34)cn3ccnc3c12. The van der Waals surface area contributed by atoms with E-state index >= 15 is 0 Å². The molecule has 0 atom stereocenters. The van der Waals surface area contributed by atoms with Crippen molar-refractivity contribution in [1.82, 2.24) is 57.5 Å². The zero-order chi connectivity index (χ0) is 62.5. The number of aromatic nitrogens is 12. The van der Waals surface area contributed by atoms with Crippen molar-refractivity contribution >= 4 is 109 Å². The maximum atomic E-state index is 4.66. The second-order valence-electron chi connectivity index (χ2n) is 22.7. The predicted octanol–water partition coefficient (Wildman–Crippen LogP) is 18.9. The zero-order valence-electron chi connectivity index (χ0n) is 51.7. The first-order valence-corrected chi connectivity index (χ1v) is 31.5. The largest absolute Gasteiger partial charge is 0.347 e. The number of fused-ring (bicyclic) bond motifs is 15. The van der Waals surface area contributed by atoms with Gasteiger partial charge in [0.25, 0.3) is 0 Å². The number of imidazole rings is 4. The number of hydrogen-bond donors (Lipinski definition) is 0. The summed E-state index contributed by atoms with van der Waals surface area (Å²) in [5, 5.41) is 14.5. The van der Waals surface area contributed by atoms with Crippen LogP contribution in [0.1, 0.15) is 5.69 Å². The van der Waals surface area contributed by atoms with Crippen molar-refractivity contribution < 1.29 is 80.4 Å². The van der Waals surface area contributed by atoms with Crippen LogP contribution in [0.15, 0.2) is 287 Å². The van der Waals surface area contributed by atoms with E-state index < -0.39 is 0 Å². The first kappa shape index (κ1) is 66.6. The smallest absolute Gasteiger partial charge is 0.0772 e. The Morgan fingerprint density at radius 1 is 0.367 bits per heavy atom. The van der Waals surface area contributed by atoms with Gasteiger partial charge in [-0.25, -0.2) is 0 Å². The minimum Gasteiger partial charge on any atom is -0.347 e. The van der Waals surface area contributed by atoms with Gasteiger partial charge in [0.2, 0.25) is 0 Å². The minimum atomic E-state index is 0. The van der Waals surface area contributed by atoms with Gasteiger partial charge in [-0.1, -0.05) is 117 Å². The molecule has 0 spiro atoms. The molecule has 480 valence electrons.